The van der Waals surface area contributed by atoms with Gasteiger partial charge < -0.3 is 35.0 Å². The molecule has 3 aliphatic rings. The minimum atomic E-state index is -0.937. The SMILES string of the molecule is [C-]#[N+]c1ccc(OC2C(C)(C)C(N3Cc4cc(C#CCCCOCCC(=O)N[C@H](C(=O)N5C[C@H](O)C[C@H]5C(=O)N[C@@H](C)c5ccc(-c6scnc6C)cc5)C(C)(C)C)ccc4C3=O)C2(C)C)cc1Cl. The number of unbranched alkanes of at least 4 members (excludes halogenated alkanes) is 1. The van der Waals surface area contributed by atoms with Crippen LogP contribution in [0.1, 0.15) is 120 Å². The van der Waals surface area contributed by atoms with Crippen LogP contribution in [-0.4, -0.2) is 93.6 Å². The van der Waals surface area contributed by atoms with Crippen molar-refractivity contribution in [2.24, 2.45) is 16.2 Å². The van der Waals surface area contributed by atoms with E-state index in [1.54, 1.807) is 29.5 Å². The van der Waals surface area contributed by atoms with Gasteiger partial charge in [0.25, 0.3) is 5.91 Å². The number of likely N-dealkylation sites (tertiary alicyclic amines) is 1. The van der Waals surface area contributed by atoms with Crippen molar-refractivity contribution in [3.63, 3.8) is 0 Å². The molecule has 4 amide bonds. The van der Waals surface area contributed by atoms with Gasteiger partial charge in [0.15, 0.2) is 0 Å². The summed E-state index contributed by atoms with van der Waals surface area (Å²) in [6.07, 6.45) is 0.286. The lowest BCUT2D eigenvalue weighted by Crippen LogP contribution is -2.74. The van der Waals surface area contributed by atoms with Crippen molar-refractivity contribution in [3.8, 4) is 28.0 Å². The average molecular weight is 976 g/mol. The van der Waals surface area contributed by atoms with Crippen molar-refractivity contribution in [2.75, 3.05) is 19.8 Å². The van der Waals surface area contributed by atoms with Crippen LogP contribution in [0.2, 0.25) is 5.02 Å². The van der Waals surface area contributed by atoms with Gasteiger partial charge in [-0.1, -0.05) is 102 Å². The lowest BCUT2D eigenvalue weighted by Gasteiger charge is -2.65. The number of ether oxygens (including phenoxy) is 2. The zero-order valence-corrected chi connectivity index (χ0v) is 42.5. The molecule has 4 atom stereocenters. The molecule has 0 radical (unpaired) electrons. The van der Waals surface area contributed by atoms with Crippen LogP contribution in [-0.2, 0) is 25.7 Å². The Morgan fingerprint density at radius 2 is 1.77 bits per heavy atom. The van der Waals surface area contributed by atoms with E-state index < -0.39 is 29.5 Å². The number of hydrogen-bond acceptors (Lipinski definition) is 9. The third-order valence-corrected chi connectivity index (χ3v) is 14.9. The van der Waals surface area contributed by atoms with Gasteiger partial charge in [-0.2, -0.15) is 0 Å². The first-order valence-electron chi connectivity index (χ1n) is 23.5. The molecule has 3 heterocycles. The van der Waals surface area contributed by atoms with E-state index in [0.29, 0.717) is 48.0 Å². The predicted octanol–water partition coefficient (Wildman–Crippen LogP) is 9.07. The van der Waals surface area contributed by atoms with Gasteiger partial charge in [-0.3, -0.25) is 19.2 Å². The number of aryl methyl sites for hydroxylation is 1. The zero-order valence-electron chi connectivity index (χ0n) is 40.9. The fourth-order valence-corrected chi connectivity index (χ4v) is 11.6. The molecule has 13 nitrogen and oxygen atoms in total. The number of amides is 4. The molecule has 0 spiro atoms. The molecule has 2 fully saturated rings. The number of nitrogens with one attached hydrogen (secondary N) is 2. The molecule has 0 bridgehead atoms. The maximum Gasteiger partial charge on any atom is 0.254 e. The third-order valence-electron chi connectivity index (χ3n) is 13.7. The standard InChI is InChI=1S/C54H63ClN6O7S/c1-32(35-16-18-36(19-17-35)45-33(2)57-31-69-45)58-47(64)43-27-38(62)30-60(43)49(66)46(52(3,4)5)59-44(63)23-25-67-24-13-11-12-14-34-15-21-40-37(26-34)29-61(48(40)65)50-53(6,7)51(54(50,8)9)68-39-20-22-42(56-10)41(55)28-39/h15-22,26,28,31-32,38,43,46,50-51,62H,11,13,23-25,27,29-30H2,1-9H3,(H,58,64)(H,59,63)/t32-,38+,43-,46+,50?,51?/m0/s1. The van der Waals surface area contributed by atoms with Crippen LogP contribution >= 0.6 is 22.9 Å². The van der Waals surface area contributed by atoms with Gasteiger partial charge in [-0.25, -0.2) is 9.83 Å². The lowest BCUT2D eigenvalue weighted by molar-refractivity contribution is -0.199. The Labute approximate surface area is 415 Å². The number of aromatic nitrogens is 1. The summed E-state index contributed by atoms with van der Waals surface area (Å²) in [6.45, 7) is 26.2. The molecule has 4 aromatic rings. The molecule has 69 heavy (non-hydrogen) atoms. The number of benzene rings is 3. The second kappa shape index (κ2) is 20.7. The highest BCUT2D eigenvalue weighted by atomic mass is 35.5. The maximum absolute atomic E-state index is 14.1. The van der Waals surface area contributed by atoms with Crippen molar-refractivity contribution < 1.29 is 33.8 Å². The van der Waals surface area contributed by atoms with Gasteiger partial charge in [0.2, 0.25) is 23.4 Å². The normalized spacial score (nSPS) is 21.0. The number of aliphatic hydroxyl groups excluding tert-OH is 1. The number of carbonyl (C=O) groups is 4. The minimum absolute atomic E-state index is 0.00314. The number of halogens is 1. The second-order valence-corrected chi connectivity index (χ2v) is 22.0. The number of hydrogen-bond donors (Lipinski definition) is 3. The molecule has 1 aliphatic carbocycles. The summed E-state index contributed by atoms with van der Waals surface area (Å²) < 4.78 is 12.2. The number of aliphatic hydroxyl groups is 1. The molecule has 2 aliphatic heterocycles. The molecular weight excluding hydrogens is 912 g/mol. The predicted molar refractivity (Wildman–Crippen MR) is 268 cm³/mol. The number of thiazole rings is 1. The second-order valence-electron chi connectivity index (χ2n) is 20.7. The molecule has 0 unspecified atom stereocenters. The van der Waals surface area contributed by atoms with Gasteiger partial charge >= 0.3 is 0 Å². The van der Waals surface area contributed by atoms with Gasteiger partial charge in [-0.15, -0.1) is 11.3 Å². The molecule has 1 saturated heterocycles. The van der Waals surface area contributed by atoms with Gasteiger partial charge in [0.1, 0.15) is 23.9 Å². The van der Waals surface area contributed by atoms with Crippen molar-refractivity contribution >= 4 is 52.3 Å². The van der Waals surface area contributed by atoms with Crippen molar-refractivity contribution in [3.05, 3.63) is 111 Å². The van der Waals surface area contributed by atoms with Gasteiger partial charge in [-0.05, 0) is 72.7 Å². The molecule has 1 saturated carbocycles. The zero-order chi connectivity index (χ0) is 50.0. The molecule has 7 rings (SSSR count). The van der Waals surface area contributed by atoms with Crippen LogP contribution in [0.25, 0.3) is 15.3 Å². The lowest BCUT2D eigenvalue weighted by atomic mass is 9.49. The van der Waals surface area contributed by atoms with E-state index >= 15 is 0 Å². The Hall–Kier alpha value is -5.77. The van der Waals surface area contributed by atoms with E-state index in [-0.39, 0.29) is 72.7 Å². The number of rotatable bonds is 15. The van der Waals surface area contributed by atoms with Crippen LogP contribution in [0.5, 0.6) is 5.75 Å². The highest BCUT2D eigenvalue weighted by Crippen LogP contribution is 2.59. The van der Waals surface area contributed by atoms with Crippen LogP contribution in [0.3, 0.4) is 0 Å². The summed E-state index contributed by atoms with van der Waals surface area (Å²) in [7, 11) is 0. The number of nitrogens with zero attached hydrogens (tertiary/aromatic N) is 4. The summed E-state index contributed by atoms with van der Waals surface area (Å²) in [6, 6.07) is 16.5. The molecule has 15 heteroatoms. The molecule has 3 aromatic carbocycles. The van der Waals surface area contributed by atoms with E-state index in [2.05, 4.69) is 60.0 Å². The largest absolute Gasteiger partial charge is 0.489 e. The highest BCUT2D eigenvalue weighted by molar-refractivity contribution is 7.13. The first-order valence-corrected chi connectivity index (χ1v) is 24.8. The molecule has 3 N–H and O–H groups in total. The van der Waals surface area contributed by atoms with Crippen LogP contribution in [0, 0.1) is 41.6 Å². The van der Waals surface area contributed by atoms with E-state index in [1.807, 2.05) is 87.5 Å². The Bertz CT molecular complexity index is 2680. The van der Waals surface area contributed by atoms with E-state index in [9.17, 15) is 24.3 Å². The number of β-amino-alcohol motifs (C(OH)–C–C–N with tert-alkyl or cyclic N) is 1. The van der Waals surface area contributed by atoms with Crippen LogP contribution < -0.4 is 15.4 Å². The van der Waals surface area contributed by atoms with Crippen molar-refractivity contribution in [1.29, 1.82) is 0 Å². The van der Waals surface area contributed by atoms with Gasteiger partial charge in [0.05, 0.1) is 46.4 Å². The Balaban J connectivity index is 0.849. The van der Waals surface area contributed by atoms with Crippen molar-refractivity contribution in [2.45, 2.75) is 131 Å². The average Bonchev–Trinajstić information content (AvgIpc) is 4.00. The van der Waals surface area contributed by atoms with Crippen molar-refractivity contribution in [1.82, 2.24) is 25.4 Å². The van der Waals surface area contributed by atoms with Crippen LogP contribution in [0.15, 0.2) is 66.2 Å². The Morgan fingerprint density at radius 1 is 1.04 bits per heavy atom. The first-order chi connectivity index (χ1) is 32.6. The number of fused-ring (bicyclic) bond motifs is 1. The van der Waals surface area contributed by atoms with E-state index in [1.165, 1.54) is 4.90 Å². The van der Waals surface area contributed by atoms with E-state index in [4.69, 9.17) is 27.6 Å². The highest BCUT2D eigenvalue weighted by Gasteiger charge is 2.67. The maximum atomic E-state index is 14.1. The minimum Gasteiger partial charge on any atom is -0.489 e. The summed E-state index contributed by atoms with van der Waals surface area (Å²) in [5.74, 6) is 5.89. The molecule has 1 aromatic heterocycles. The third kappa shape index (κ3) is 11.0. The quantitative estimate of drug-likeness (QED) is 0.0606. The Kier molecular flexibility index (Phi) is 15.3. The fraction of sp³-hybridized carbons (Fsp3) is 0.481. The fourth-order valence-electron chi connectivity index (χ4n) is 10.6. The summed E-state index contributed by atoms with van der Waals surface area (Å²) in [5, 5.41) is 16.9. The summed E-state index contributed by atoms with van der Waals surface area (Å²) >= 11 is 7.87. The first kappa shape index (κ1) is 51.1. The van der Waals surface area contributed by atoms with E-state index in [0.717, 1.165) is 32.8 Å². The Morgan fingerprint density at radius 3 is 2.42 bits per heavy atom. The summed E-state index contributed by atoms with van der Waals surface area (Å²) in [4.78, 5) is 67.0. The molecular formula is C54H63ClN6O7S. The summed E-state index contributed by atoms with van der Waals surface area (Å²) in [5.41, 5.74) is 6.13. The molecule has 364 valence electrons. The smallest absolute Gasteiger partial charge is 0.254 e. The topological polar surface area (TPSA) is 155 Å². The van der Waals surface area contributed by atoms with Crippen LogP contribution in [0.4, 0.5) is 5.69 Å². The number of carbonyl (C=O) groups excluding carboxylic acids is 4. The van der Waals surface area contributed by atoms with Gasteiger partial charge in [0, 0.05) is 67.0 Å². The monoisotopic (exact) mass is 974 g/mol.